The number of hydrogen-bond donors (Lipinski definition) is 2. The third-order valence-corrected chi connectivity index (χ3v) is 5.15. The molecule has 0 bridgehead atoms. The van der Waals surface area contributed by atoms with Crippen LogP contribution in [0.3, 0.4) is 0 Å². The number of nitrogens with one attached hydrogen (secondary N) is 2. The summed E-state index contributed by atoms with van der Waals surface area (Å²) in [6.07, 6.45) is -3.31. The molecule has 1 aromatic heterocycles. The minimum atomic E-state index is -4.62. The van der Waals surface area contributed by atoms with Crippen molar-refractivity contribution in [1.29, 1.82) is 0 Å². The van der Waals surface area contributed by atoms with Crippen molar-refractivity contribution in [3.05, 3.63) is 71.5 Å². The number of nitrogens with zero attached hydrogens (tertiary/aromatic N) is 2. The van der Waals surface area contributed by atoms with Crippen molar-refractivity contribution in [2.45, 2.75) is 6.18 Å². The Bertz CT molecular complexity index is 1430. The van der Waals surface area contributed by atoms with Crippen LogP contribution in [0.4, 0.5) is 29.3 Å². The maximum absolute atomic E-state index is 13.1. The normalized spacial score (nSPS) is 11.2. The lowest BCUT2D eigenvalue weighted by molar-refractivity contribution is -0.137. The standard InChI is InChI=1S/C24H18ClF3N4O4/c1-34-20-10-16-18(11-21(20)35-2)29-12-30-22(16)36-19-6-4-3-5-17(19)32-23(33)31-15-8-13(24(26,27)28)7-14(25)9-15/h3-12H,1-2H3,(H2,31,32,33). The zero-order chi connectivity index (χ0) is 25.9. The van der Waals surface area contributed by atoms with Crippen LogP contribution in [0.25, 0.3) is 10.9 Å². The second-order valence-corrected chi connectivity index (χ2v) is 7.74. The number of urea groups is 1. The van der Waals surface area contributed by atoms with Gasteiger partial charge in [-0.1, -0.05) is 23.7 Å². The van der Waals surface area contributed by atoms with E-state index in [0.717, 1.165) is 12.1 Å². The number of hydrogen-bond acceptors (Lipinski definition) is 6. The van der Waals surface area contributed by atoms with E-state index in [1.165, 1.54) is 26.6 Å². The molecule has 4 rings (SSSR count). The van der Waals surface area contributed by atoms with Gasteiger partial charge in [0.25, 0.3) is 0 Å². The van der Waals surface area contributed by atoms with Gasteiger partial charge in [-0.15, -0.1) is 0 Å². The number of benzene rings is 3. The summed E-state index contributed by atoms with van der Waals surface area (Å²) >= 11 is 5.78. The summed E-state index contributed by atoms with van der Waals surface area (Å²) in [5.74, 6) is 1.32. The van der Waals surface area contributed by atoms with Crippen LogP contribution >= 0.6 is 11.6 Å². The van der Waals surface area contributed by atoms with Crippen LogP contribution in [0.15, 0.2) is 60.9 Å². The molecule has 186 valence electrons. The predicted octanol–water partition coefficient (Wildman–Crippen LogP) is 6.76. The number of methoxy groups -OCH3 is 2. The van der Waals surface area contributed by atoms with Gasteiger partial charge in [-0.2, -0.15) is 13.2 Å². The van der Waals surface area contributed by atoms with Crippen LogP contribution in [-0.4, -0.2) is 30.2 Å². The largest absolute Gasteiger partial charge is 0.493 e. The first-order chi connectivity index (χ1) is 17.2. The average Bonchev–Trinajstić information content (AvgIpc) is 2.83. The maximum atomic E-state index is 13.1. The Balaban J connectivity index is 1.59. The van der Waals surface area contributed by atoms with E-state index in [0.29, 0.717) is 22.4 Å². The van der Waals surface area contributed by atoms with Gasteiger partial charge in [-0.25, -0.2) is 14.8 Å². The van der Waals surface area contributed by atoms with Gasteiger partial charge in [0.2, 0.25) is 5.88 Å². The quantitative estimate of drug-likeness (QED) is 0.293. The molecule has 2 N–H and O–H groups in total. The second-order valence-electron chi connectivity index (χ2n) is 7.31. The lowest BCUT2D eigenvalue weighted by atomic mass is 10.2. The minimum absolute atomic E-state index is 0.131. The van der Waals surface area contributed by atoms with Gasteiger partial charge in [0.1, 0.15) is 6.33 Å². The van der Waals surface area contributed by atoms with E-state index < -0.39 is 17.8 Å². The summed E-state index contributed by atoms with van der Waals surface area (Å²) in [6, 6.07) is 11.7. The molecule has 8 nitrogen and oxygen atoms in total. The van der Waals surface area contributed by atoms with E-state index in [9.17, 15) is 18.0 Å². The third-order valence-electron chi connectivity index (χ3n) is 4.93. The lowest BCUT2D eigenvalue weighted by Crippen LogP contribution is -2.20. The van der Waals surface area contributed by atoms with Gasteiger partial charge in [0.15, 0.2) is 17.2 Å². The van der Waals surface area contributed by atoms with Crippen molar-refractivity contribution >= 4 is 39.9 Å². The van der Waals surface area contributed by atoms with E-state index in [1.54, 1.807) is 36.4 Å². The Kier molecular flexibility index (Phi) is 7.02. The highest BCUT2D eigenvalue weighted by molar-refractivity contribution is 6.31. The van der Waals surface area contributed by atoms with Gasteiger partial charge >= 0.3 is 12.2 Å². The highest BCUT2D eigenvalue weighted by Gasteiger charge is 2.31. The van der Waals surface area contributed by atoms with Crippen LogP contribution in [-0.2, 0) is 6.18 Å². The summed E-state index contributed by atoms with van der Waals surface area (Å²) in [5, 5.41) is 5.25. The Morgan fingerprint density at radius 1 is 0.917 bits per heavy atom. The van der Waals surface area contributed by atoms with Crippen molar-refractivity contribution < 1.29 is 32.2 Å². The van der Waals surface area contributed by atoms with Crippen LogP contribution in [0, 0.1) is 0 Å². The first kappa shape index (κ1) is 24.9. The molecule has 36 heavy (non-hydrogen) atoms. The third kappa shape index (κ3) is 5.52. The number of amides is 2. The fourth-order valence-corrected chi connectivity index (χ4v) is 3.55. The number of carbonyl (C=O) groups excluding carboxylic acids is 1. The maximum Gasteiger partial charge on any atom is 0.416 e. The van der Waals surface area contributed by atoms with Crippen LogP contribution in [0.5, 0.6) is 23.1 Å². The van der Waals surface area contributed by atoms with E-state index in [2.05, 4.69) is 20.6 Å². The molecule has 0 aliphatic heterocycles. The summed E-state index contributed by atoms with van der Waals surface area (Å²) in [6.45, 7) is 0. The number of halogens is 4. The number of para-hydroxylation sites is 2. The van der Waals surface area contributed by atoms with E-state index >= 15 is 0 Å². The fourth-order valence-electron chi connectivity index (χ4n) is 3.31. The number of fused-ring (bicyclic) bond motifs is 1. The zero-order valence-corrected chi connectivity index (χ0v) is 19.6. The number of ether oxygens (including phenoxy) is 3. The van der Waals surface area contributed by atoms with Gasteiger partial charge in [-0.05, 0) is 36.4 Å². The number of anilines is 2. The first-order valence-corrected chi connectivity index (χ1v) is 10.6. The molecule has 0 saturated carbocycles. The molecule has 4 aromatic rings. The molecular weight excluding hydrogens is 501 g/mol. The highest BCUT2D eigenvalue weighted by Crippen LogP contribution is 2.37. The summed E-state index contributed by atoms with van der Waals surface area (Å²) in [4.78, 5) is 21.0. The van der Waals surface area contributed by atoms with Crippen molar-refractivity contribution in [3.8, 4) is 23.1 Å². The Morgan fingerprint density at radius 3 is 2.36 bits per heavy atom. The molecule has 0 fully saturated rings. The highest BCUT2D eigenvalue weighted by atomic mass is 35.5. The number of aromatic nitrogens is 2. The topological polar surface area (TPSA) is 94.6 Å². The van der Waals surface area contributed by atoms with E-state index in [1.807, 2.05) is 0 Å². The number of alkyl halides is 3. The molecule has 0 radical (unpaired) electrons. The average molecular weight is 519 g/mol. The number of carbonyl (C=O) groups is 1. The fraction of sp³-hybridized carbons (Fsp3) is 0.125. The first-order valence-electron chi connectivity index (χ1n) is 10.3. The summed E-state index contributed by atoms with van der Waals surface area (Å²) in [7, 11) is 2.99. The number of rotatable bonds is 6. The smallest absolute Gasteiger partial charge is 0.416 e. The molecule has 12 heteroatoms. The monoisotopic (exact) mass is 518 g/mol. The molecule has 0 aliphatic carbocycles. The second kappa shape index (κ2) is 10.2. The molecule has 0 saturated heterocycles. The zero-order valence-electron chi connectivity index (χ0n) is 18.8. The molecule has 3 aromatic carbocycles. The van der Waals surface area contributed by atoms with Crippen LogP contribution < -0.4 is 24.8 Å². The summed E-state index contributed by atoms with van der Waals surface area (Å²) in [5.41, 5.74) is -0.354. The predicted molar refractivity (Wildman–Crippen MR) is 128 cm³/mol. The van der Waals surface area contributed by atoms with Gasteiger partial charge in [-0.3, -0.25) is 0 Å². The van der Waals surface area contributed by atoms with Crippen molar-refractivity contribution in [1.82, 2.24) is 9.97 Å². The minimum Gasteiger partial charge on any atom is -0.493 e. The molecule has 2 amide bonds. The molecule has 1 heterocycles. The van der Waals surface area contributed by atoms with Crippen molar-refractivity contribution in [2.75, 3.05) is 24.9 Å². The summed E-state index contributed by atoms with van der Waals surface area (Å²) < 4.78 is 55.8. The van der Waals surface area contributed by atoms with E-state index in [4.69, 9.17) is 25.8 Å². The molecule has 0 spiro atoms. The lowest BCUT2D eigenvalue weighted by Gasteiger charge is -2.15. The van der Waals surface area contributed by atoms with Gasteiger partial charge in [0.05, 0.1) is 36.4 Å². The van der Waals surface area contributed by atoms with Gasteiger partial charge in [0, 0.05) is 16.8 Å². The van der Waals surface area contributed by atoms with Crippen LogP contribution in [0.2, 0.25) is 5.02 Å². The molecular formula is C24H18ClF3N4O4. The molecule has 0 atom stereocenters. The molecule has 0 unspecified atom stereocenters. The van der Waals surface area contributed by atoms with Crippen LogP contribution in [0.1, 0.15) is 5.56 Å². The van der Waals surface area contributed by atoms with Crippen molar-refractivity contribution in [3.63, 3.8) is 0 Å². The SMILES string of the molecule is COc1cc2ncnc(Oc3ccccc3NC(=O)Nc3cc(Cl)cc(C(F)(F)F)c3)c2cc1OC. The van der Waals surface area contributed by atoms with Gasteiger partial charge < -0.3 is 24.8 Å². The Morgan fingerprint density at radius 2 is 1.64 bits per heavy atom. The van der Waals surface area contributed by atoms with Crippen molar-refractivity contribution in [2.24, 2.45) is 0 Å². The Labute approximate surface area is 208 Å². The van der Waals surface area contributed by atoms with E-state index in [-0.39, 0.29) is 28.0 Å². The Hall–Kier alpha value is -4.25. The molecule has 0 aliphatic rings.